The van der Waals surface area contributed by atoms with Crippen molar-refractivity contribution in [2.24, 2.45) is 0 Å². The molecule has 1 amide bonds. The summed E-state index contributed by atoms with van der Waals surface area (Å²) in [5.74, 6) is 0.251. The molecule has 1 atom stereocenters. The average Bonchev–Trinajstić information content (AvgIpc) is 2.86. The van der Waals surface area contributed by atoms with Crippen molar-refractivity contribution in [1.29, 1.82) is 0 Å². The highest BCUT2D eigenvalue weighted by atomic mass is 16.2. The van der Waals surface area contributed by atoms with E-state index in [2.05, 4.69) is 29.2 Å². The van der Waals surface area contributed by atoms with Crippen LogP contribution in [0.4, 0.5) is 0 Å². The Bertz CT molecular complexity index is 391. The minimum absolute atomic E-state index is 0.251. The van der Waals surface area contributed by atoms with Crippen LogP contribution < -0.4 is 0 Å². The Morgan fingerprint density at radius 3 is 2.78 bits per heavy atom. The van der Waals surface area contributed by atoms with E-state index in [1.54, 1.807) is 0 Å². The third-order valence-electron chi connectivity index (χ3n) is 3.74. The lowest BCUT2D eigenvalue weighted by Crippen LogP contribution is -2.38. The van der Waals surface area contributed by atoms with Crippen molar-refractivity contribution in [1.82, 2.24) is 9.80 Å². The number of benzene rings is 1. The second kappa shape index (κ2) is 6.01. The summed E-state index contributed by atoms with van der Waals surface area (Å²) in [6.45, 7) is 5.00. The van der Waals surface area contributed by atoms with Gasteiger partial charge in [0.2, 0.25) is 5.91 Å². The fourth-order valence-corrected chi connectivity index (χ4v) is 2.57. The first kappa shape index (κ1) is 13.1. The van der Waals surface area contributed by atoms with Crippen molar-refractivity contribution in [3.8, 4) is 0 Å². The monoisotopic (exact) mass is 246 g/mol. The van der Waals surface area contributed by atoms with Crippen molar-refractivity contribution < 1.29 is 4.79 Å². The largest absolute Gasteiger partial charge is 0.341 e. The van der Waals surface area contributed by atoms with Gasteiger partial charge < -0.3 is 4.90 Å². The molecule has 1 aromatic rings. The topological polar surface area (TPSA) is 23.6 Å². The van der Waals surface area contributed by atoms with Crippen LogP contribution in [0, 0.1) is 0 Å². The number of carbonyl (C=O) groups excluding carboxylic acids is 1. The Labute approximate surface area is 109 Å². The third-order valence-corrected chi connectivity index (χ3v) is 3.74. The Kier molecular flexibility index (Phi) is 4.37. The quantitative estimate of drug-likeness (QED) is 0.812. The fourth-order valence-electron chi connectivity index (χ4n) is 2.57. The molecule has 3 nitrogen and oxygen atoms in total. The summed E-state index contributed by atoms with van der Waals surface area (Å²) in [6.07, 6.45) is 1.70. The molecule has 1 saturated heterocycles. The van der Waals surface area contributed by atoms with Crippen molar-refractivity contribution in [2.45, 2.75) is 32.4 Å². The van der Waals surface area contributed by atoms with Crippen molar-refractivity contribution >= 4 is 5.91 Å². The Hall–Kier alpha value is -1.35. The lowest BCUT2D eigenvalue weighted by molar-refractivity contribution is -0.131. The number of likely N-dealkylation sites (N-methyl/N-ethyl adjacent to an activating group) is 1. The molecule has 0 unspecified atom stereocenters. The standard InChI is InChI=1S/C15H22N2O/c1-3-15(18)16(2)14-9-10-17(12-14)11-13-7-5-4-6-8-13/h4-8,14H,3,9-12H2,1-2H3/t14-/m0/s1. The van der Waals surface area contributed by atoms with Gasteiger partial charge in [-0.15, -0.1) is 0 Å². The Morgan fingerprint density at radius 2 is 2.11 bits per heavy atom. The van der Waals surface area contributed by atoms with E-state index in [-0.39, 0.29) is 5.91 Å². The molecule has 2 rings (SSSR count). The number of nitrogens with zero attached hydrogens (tertiary/aromatic N) is 2. The number of carbonyl (C=O) groups is 1. The fraction of sp³-hybridized carbons (Fsp3) is 0.533. The molecular formula is C15H22N2O. The van der Waals surface area contributed by atoms with Gasteiger partial charge in [-0.3, -0.25) is 9.69 Å². The molecule has 1 fully saturated rings. The second-order valence-electron chi connectivity index (χ2n) is 5.02. The summed E-state index contributed by atoms with van der Waals surface area (Å²) in [6, 6.07) is 10.9. The minimum atomic E-state index is 0.251. The van der Waals surface area contributed by atoms with Crippen LogP contribution in [-0.4, -0.2) is 41.9 Å². The maximum atomic E-state index is 11.7. The molecule has 0 spiro atoms. The molecule has 3 heteroatoms. The van der Waals surface area contributed by atoms with Crippen LogP contribution in [0.3, 0.4) is 0 Å². The highest BCUT2D eigenvalue weighted by Gasteiger charge is 2.27. The van der Waals surface area contributed by atoms with Crippen LogP contribution in [0.1, 0.15) is 25.3 Å². The number of amides is 1. The summed E-state index contributed by atoms with van der Waals surface area (Å²) in [5, 5.41) is 0. The SMILES string of the molecule is CCC(=O)N(C)[C@H]1CCN(Cc2ccccc2)C1. The summed E-state index contributed by atoms with van der Waals surface area (Å²) in [4.78, 5) is 16.0. The molecular weight excluding hydrogens is 224 g/mol. The van der Waals surface area contributed by atoms with Gasteiger partial charge >= 0.3 is 0 Å². The first-order valence-corrected chi connectivity index (χ1v) is 6.72. The van der Waals surface area contributed by atoms with E-state index in [0.717, 1.165) is 26.1 Å². The molecule has 98 valence electrons. The van der Waals surface area contributed by atoms with Gasteiger partial charge in [-0.25, -0.2) is 0 Å². The van der Waals surface area contributed by atoms with Gasteiger partial charge in [-0.05, 0) is 12.0 Å². The van der Waals surface area contributed by atoms with Crippen LogP contribution in [0.25, 0.3) is 0 Å². The van der Waals surface area contributed by atoms with Crippen LogP contribution >= 0.6 is 0 Å². The first-order valence-electron chi connectivity index (χ1n) is 6.72. The lowest BCUT2D eigenvalue weighted by atomic mass is 10.2. The minimum Gasteiger partial charge on any atom is -0.341 e. The molecule has 1 aliphatic rings. The molecule has 0 aliphatic carbocycles. The second-order valence-corrected chi connectivity index (χ2v) is 5.02. The molecule has 1 heterocycles. The Morgan fingerprint density at radius 1 is 1.39 bits per heavy atom. The maximum absolute atomic E-state index is 11.7. The number of rotatable bonds is 4. The van der Waals surface area contributed by atoms with Gasteiger partial charge in [0.15, 0.2) is 0 Å². The summed E-state index contributed by atoms with van der Waals surface area (Å²) in [5.41, 5.74) is 1.35. The summed E-state index contributed by atoms with van der Waals surface area (Å²) >= 11 is 0. The highest BCUT2D eigenvalue weighted by molar-refractivity contribution is 5.75. The van der Waals surface area contributed by atoms with Gasteiger partial charge in [-0.2, -0.15) is 0 Å². The predicted molar refractivity (Wildman–Crippen MR) is 73.2 cm³/mol. The van der Waals surface area contributed by atoms with Crippen LogP contribution in [-0.2, 0) is 11.3 Å². The van der Waals surface area contributed by atoms with E-state index in [1.807, 2.05) is 24.9 Å². The summed E-state index contributed by atoms with van der Waals surface area (Å²) in [7, 11) is 1.93. The zero-order valence-electron chi connectivity index (χ0n) is 11.3. The van der Waals surface area contributed by atoms with Crippen molar-refractivity contribution in [2.75, 3.05) is 20.1 Å². The molecule has 1 aliphatic heterocycles. The van der Waals surface area contributed by atoms with Gasteiger partial charge in [0.25, 0.3) is 0 Å². The highest BCUT2D eigenvalue weighted by Crippen LogP contribution is 2.17. The first-order chi connectivity index (χ1) is 8.70. The van der Waals surface area contributed by atoms with E-state index in [0.29, 0.717) is 12.5 Å². The summed E-state index contributed by atoms with van der Waals surface area (Å²) < 4.78 is 0. The predicted octanol–water partition coefficient (Wildman–Crippen LogP) is 2.13. The molecule has 0 bridgehead atoms. The van der Waals surface area contributed by atoms with Gasteiger partial charge in [-0.1, -0.05) is 37.3 Å². The zero-order valence-corrected chi connectivity index (χ0v) is 11.3. The molecule has 18 heavy (non-hydrogen) atoms. The van der Waals surface area contributed by atoms with E-state index < -0.39 is 0 Å². The van der Waals surface area contributed by atoms with E-state index >= 15 is 0 Å². The molecule has 0 N–H and O–H groups in total. The van der Waals surface area contributed by atoms with E-state index in [4.69, 9.17) is 0 Å². The number of likely N-dealkylation sites (tertiary alicyclic amines) is 1. The van der Waals surface area contributed by atoms with E-state index in [9.17, 15) is 4.79 Å². The van der Waals surface area contributed by atoms with Gasteiger partial charge in [0.05, 0.1) is 0 Å². The van der Waals surface area contributed by atoms with Crippen molar-refractivity contribution in [3.05, 3.63) is 35.9 Å². The average molecular weight is 246 g/mol. The third kappa shape index (κ3) is 3.10. The number of hydrogen-bond donors (Lipinski definition) is 0. The Balaban J connectivity index is 1.87. The van der Waals surface area contributed by atoms with Crippen LogP contribution in [0.2, 0.25) is 0 Å². The van der Waals surface area contributed by atoms with Crippen LogP contribution in [0.15, 0.2) is 30.3 Å². The van der Waals surface area contributed by atoms with Crippen molar-refractivity contribution in [3.63, 3.8) is 0 Å². The molecule has 0 saturated carbocycles. The molecule has 0 radical (unpaired) electrons. The smallest absolute Gasteiger partial charge is 0.222 e. The molecule has 0 aromatic heterocycles. The van der Waals surface area contributed by atoms with Gasteiger partial charge in [0, 0.05) is 39.1 Å². The zero-order chi connectivity index (χ0) is 13.0. The lowest BCUT2D eigenvalue weighted by Gasteiger charge is -2.24. The number of hydrogen-bond acceptors (Lipinski definition) is 2. The molecule has 1 aromatic carbocycles. The van der Waals surface area contributed by atoms with Gasteiger partial charge in [0.1, 0.15) is 0 Å². The van der Waals surface area contributed by atoms with E-state index in [1.165, 1.54) is 5.56 Å². The normalized spacial score (nSPS) is 20.0. The van der Waals surface area contributed by atoms with Crippen LogP contribution in [0.5, 0.6) is 0 Å². The maximum Gasteiger partial charge on any atom is 0.222 e.